The van der Waals surface area contributed by atoms with Crippen LogP contribution in [-0.2, 0) is 4.79 Å². The van der Waals surface area contributed by atoms with Crippen molar-refractivity contribution in [3.8, 4) is 11.5 Å². The molecule has 20 heavy (non-hydrogen) atoms. The number of phenolic OH excluding ortho intramolecular Hbond substituents is 1. The fraction of sp³-hybridized carbons (Fsp3) is 0.200. The Morgan fingerprint density at radius 1 is 1.30 bits per heavy atom. The molecule has 1 aromatic heterocycles. The van der Waals surface area contributed by atoms with Gasteiger partial charge in [0.25, 0.3) is 5.56 Å². The van der Waals surface area contributed by atoms with E-state index in [9.17, 15) is 14.7 Å². The summed E-state index contributed by atoms with van der Waals surface area (Å²) in [6, 6.07) is 8.22. The number of aromatic nitrogens is 1. The highest BCUT2D eigenvalue weighted by Crippen LogP contribution is 2.37. The normalized spacial score (nSPS) is 17.4. The third-order valence-electron chi connectivity index (χ3n) is 3.38. The lowest BCUT2D eigenvalue weighted by Crippen LogP contribution is -2.28. The van der Waals surface area contributed by atoms with Crippen molar-refractivity contribution in [3.63, 3.8) is 0 Å². The third kappa shape index (κ3) is 2.07. The Kier molecular flexibility index (Phi) is 2.82. The highest BCUT2D eigenvalue weighted by atomic mass is 16.5. The zero-order valence-electron chi connectivity index (χ0n) is 10.8. The number of aromatic amines is 1. The zero-order valence-corrected chi connectivity index (χ0v) is 10.8. The minimum atomic E-state index is -0.400. The summed E-state index contributed by atoms with van der Waals surface area (Å²) in [4.78, 5) is 26.6. The second-order valence-electron chi connectivity index (χ2n) is 4.89. The van der Waals surface area contributed by atoms with E-state index in [0.717, 1.165) is 5.56 Å². The zero-order chi connectivity index (χ0) is 14.3. The van der Waals surface area contributed by atoms with Gasteiger partial charge in [-0.25, -0.2) is 0 Å². The van der Waals surface area contributed by atoms with E-state index in [1.807, 2.05) is 0 Å². The van der Waals surface area contributed by atoms with Crippen molar-refractivity contribution in [2.24, 2.45) is 0 Å². The molecule has 0 radical (unpaired) electrons. The average Bonchev–Trinajstić information content (AvgIpc) is 2.36. The Hall–Kier alpha value is -2.56. The summed E-state index contributed by atoms with van der Waals surface area (Å²) in [5.74, 6) is -0.374. The summed E-state index contributed by atoms with van der Waals surface area (Å²) in [5, 5.41) is 9.57. The van der Waals surface area contributed by atoms with Gasteiger partial charge in [0.1, 0.15) is 11.5 Å². The Morgan fingerprint density at radius 3 is 2.85 bits per heavy atom. The van der Waals surface area contributed by atoms with E-state index in [1.54, 1.807) is 37.3 Å². The highest BCUT2D eigenvalue weighted by molar-refractivity contribution is 5.77. The van der Waals surface area contributed by atoms with Crippen LogP contribution in [0.15, 0.2) is 35.1 Å². The second-order valence-corrected chi connectivity index (χ2v) is 4.89. The highest BCUT2D eigenvalue weighted by Gasteiger charge is 2.31. The van der Waals surface area contributed by atoms with Gasteiger partial charge in [0, 0.05) is 17.7 Å². The number of esters is 1. The number of ether oxygens (including phenoxy) is 1. The van der Waals surface area contributed by atoms with Gasteiger partial charge in [0.05, 0.1) is 12.0 Å². The van der Waals surface area contributed by atoms with E-state index in [2.05, 4.69) is 4.98 Å². The van der Waals surface area contributed by atoms with Crippen LogP contribution in [0, 0.1) is 6.92 Å². The number of aromatic hydroxyl groups is 1. The molecule has 0 unspecified atom stereocenters. The van der Waals surface area contributed by atoms with Gasteiger partial charge in [-0.3, -0.25) is 9.59 Å². The summed E-state index contributed by atoms with van der Waals surface area (Å²) in [7, 11) is 0. The predicted octanol–water partition coefficient (Wildman–Crippen LogP) is 1.83. The maximum absolute atomic E-state index is 12.2. The van der Waals surface area contributed by atoms with Gasteiger partial charge in [0.15, 0.2) is 0 Å². The topological polar surface area (TPSA) is 79.4 Å². The first-order valence-corrected chi connectivity index (χ1v) is 6.28. The molecule has 1 aliphatic rings. The number of hydrogen-bond donors (Lipinski definition) is 2. The number of fused-ring (bicyclic) bond motifs is 1. The van der Waals surface area contributed by atoms with E-state index in [4.69, 9.17) is 4.74 Å². The maximum Gasteiger partial charge on any atom is 0.312 e. The van der Waals surface area contributed by atoms with Crippen LogP contribution in [0.3, 0.4) is 0 Å². The SMILES string of the molecule is Cc1cc2c(c(=O)[nH]1)[C@H](c1cccc(O)c1)CC(=O)O2. The lowest BCUT2D eigenvalue weighted by atomic mass is 9.87. The molecule has 0 fully saturated rings. The molecule has 0 bridgehead atoms. The molecule has 2 N–H and O–H groups in total. The van der Waals surface area contributed by atoms with Crippen LogP contribution in [0.5, 0.6) is 11.5 Å². The van der Waals surface area contributed by atoms with E-state index in [-0.39, 0.29) is 23.7 Å². The van der Waals surface area contributed by atoms with Crippen molar-refractivity contribution in [3.05, 3.63) is 57.5 Å². The Morgan fingerprint density at radius 2 is 2.10 bits per heavy atom. The number of pyridine rings is 1. The van der Waals surface area contributed by atoms with Crippen molar-refractivity contribution in [2.75, 3.05) is 0 Å². The fourth-order valence-corrected chi connectivity index (χ4v) is 2.54. The van der Waals surface area contributed by atoms with E-state index < -0.39 is 5.92 Å². The molecular formula is C15H13NO4. The molecule has 1 aliphatic heterocycles. The van der Waals surface area contributed by atoms with Crippen molar-refractivity contribution in [1.82, 2.24) is 4.98 Å². The van der Waals surface area contributed by atoms with Crippen LogP contribution in [0.1, 0.15) is 29.2 Å². The summed E-state index contributed by atoms with van der Waals surface area (Å²) >= 11 is 0. The summed E-state index contributed by atoms with van der Waals surface area (Å²) < 4.78 is 5.15. The van der Waals surface area contributed by atoms with Gasteiger partial charge in [-0.1, -0.05) is 12.1 Å². The number of carbonyl (C=O) groups excluding carboxylic acids is 1. The molecule has 0 saturated carbocycles. The minimum Gasteiger partial charge on any atom is -0.508 e. The Balaban J connectivity index is 2.20. The summed E-state index contributed by atoms with van der Waals surface area (Å²) in [5.41, 5.74) is 1.53. The molecule has 2 heterocycles. The fourth-order valence-electron chi connectivity index (χ4n) is 2.54. The molecule has 5 nitrogen and oxygen atoms in total. The lowest BCUT2D eigenvalue weighted by Gasteiger charge is -2.24. The molecule has 0 amide bonds. The number of nitrogens with one attached hydrogen (secondary N) is 1. The molecule has 102 valence electrons. The number of phenols is 1. The molecule has 1 aromatic carbocycles. The van der Waals surface area contributed by atoms with E-state index in [1.165, 1.54) is 0 Å². The maximum atomic E-state index is 12.2. The summed E-state index contributed by atoms with van der Waals surface area (Å²) in [6.07, 6.45) is 0.0859. The monoisotopic (exact) mass is 271 g/mol. The standard InChI is InChI=1S/C15H13NO4/c1-8-5-12-14(15(19)16-8)11(7-13(18)20-12)9-3-2-4-10(17)6-9/h2-6,11,17H,7H2,1H3,(H,16,19)/t11-/m0/s1. The number of hydrogen-bond acceptors (Lipinski definition) is 4. The molecule has 1 atom stereocenters. The number of H-pyrrole nitrogens is 1. The first kappa shape index (κ1) is 12.5. The summed E-state index contributed by atoms with van der Waals surface area (Å²) in [6.45, 7) is 1.73. The van der Waals surface area contributed by atoms with E-state index >= 15 is 0 Å². The van der Waals surface area contributed by atoms with Crippen LogP contribution >= 0.6 is 0 Å². The van der Waals surface area contributed by atoms with Crippen LogP contribution in [0.2, 0.25) is 0 Å². The van der Waals surface area contributed by atoms with Gasteiger partial charge in [-0.2, -0.15) is 0 Å². The van der Waals surface area contributed by atoms with Crippen LogP contribution in [0.25, 0.3) is 0 Å². The van der Waals surface area contributed by atoms with Gasteiger partial charge >= 0.3 is 5.97 Å². The molecule has 5 heteroatoms. The van der Waals surface area contributed by atoms with Gasteiger partial charge in [0.2, 0.25) is 0 Å². The quantitative estimate of drug-likeness (QED) is 0.775. The smallest absolute Gasteiger partial charge is 0.312 e. The van der Waals surface area contributed by atoms with E-state index in [0.29, 0.717) is 17.0 Å². The van der Waals surface area contributed by atoms with Crippen LogP contribution in [0.4, 0.5) is 0 Å². The van der Waals surface area contributed by atoms with Gasteiger partial charge in [-0.05, 0) is 24.6 Å². The largest absolute Gasteiger partial charge is 0.508 e. The Bertz CT molecular complexity index is 748. The van der Waals surface area contributed by atoms with Crippen molar-refractivity contribution in [1.29, 1.82) is 0 Å². The molecule has 2 aromatic rings. The average molecular weight is 271 g/mol. The number of aryl methyl sites for hydroxylation is 1. The van der Waals surface area contributed by atoms with Crippen molar-refractivity contribution < 1.29 is 14.6 Å². The van der Waals surface area contributed by atoms with Gasteiger partial charge in [-0.15, -0.1) is 0 Å². The first-order chi connectivity index (χ1) is 9.54. The van der Waals surface area contributed by atoms with Gasteiger partial charge < -0.3 is 14.8 Å². The molecule has 0 aliphatic carbocycles. The molecule has 0 spiro atoms. The lowest BCUT2D eigenvalue weighted by molar-refractivity contribution is -0.135. The minimum absolute atomic E-state index is 0.0859. The van der Waals surface area contributed by atoms with Crippen LogP contribution in [-0.4, -0.2) is 16.1 Å². The predicted molar refractivity (Wildman–Crippen MR) is 72.0 cm³/mol. The Labute approximate surface area is 114 Å². The van der Waals surface area contributed by atoms with Crippen molar-refractivity contribution in [2.45, 2.75) is 19.3 Å². The second kappa shape index (κ2) is 4.52. The molecular weight excluding hydrogens is 258 g/mol. The third-order valence-corrected chi connectivity index (χ3v) is 3.38. The van der Waals surface area contributed by atoms with Crippen molar-refractivity contribution >= 4 is 5.97 Å². The van der Waals surface area contributed by atoms with Crippen LogP contribution < -0.4 is 10.3 Å². The molecule has 0 saturated heterocycles. The molecule has 3 rings (SSSR count). The number of benzene rings is 1. The first-order valence-electron chi connectivity index (χ1n) is 6.28. The number of carbonyl (C=O) groups is 1. The number of rotatable bonds is 1.